The SMILES string of the molecule is CCN(CC)c1cc(C2CCCCC2)nc2nc(CCl)nn12. The number of aromatic nitrogens is 4. The Morgan fingerprint density at radius 1 is 1.18 bits per heavy atom. The normalized spacial score (nSPS) is 16.3. The quantitative estimate of drug-likeness (QED) is 0.787. The van der Waals surface area contributed by atoms with Crippen molar-refractivity contribution in [1.82, 2.24) is 19.6 Å². The Morgan fingerprint density at radius 2 is 1.91 bits per heavy atom. The van der Waals surface area contributed by atoms with Gasteiger partial charge in [-0.25, -0.2) is 4.98 Å². The van der Waals surface area contributed by atoms with Crippen LogP contribution in [0.1, 0.15) is 63.4 Å². The molecule has 0 atom stereocenters. The number of halogens is 1. The van der Waals surface area contributed by atoms with Crippen LogP contribution in [-0.2, 0) is 5.88 Å². The van der Waals surface area contributed by atoms with Gasteiger partial charge >= 0.3 is 0 Å². The van der Waals surface area contributed by atoms with E-state index in [2.05, 4.69) is 34.9 Å². The lowest BCUT2D eigenvalue weighted by atomic mass is 9.87. The number of anilines is 1. The van der Waals surface area contributed by atoms with E-state index >= 15 is 0 Å². The minimum Gasteiger partial charge on any atom is -0.357 e. The average Bonchev–Trinajstić information content (AvgIpc) is 3.00. The molecule has 0 spiro atoms. The van der Waals surface area contributed by atoms with Gasteiger partial charge < -0.3 is 4.90 Å². The van der Waals surface area contributed by atoms with Crippen LogP contribution in [0.15, 0.2) is 6.07 Å². The molecule has 0 aliphatic heterocycles. The van der Waals surface area contributed by atoms with Gasteiger partial charge in [-0.15, -0.1) is 16.7 Å². The van der Waals surface area contributed by atoms with Crippen molar-refractivity contribution in [2.24, 2.45) is 0 Å². The lowest BCUT2D eigenvalue weighted by Gasteiger charge is -2.25. The molecule has 120 valence electrons. The van der Waals surface area contributed by atoms with Gasteiger partial charge in [-0.1, -0.05) is 19.3 Å². The molecular formula is C16H24ClN5. The van der Waals surface area contributed by atoms with Gasteiger partial charge in [0.2, 0.25) is 0 Å². The number of rotatable bonds is 5. The summed E-state index contributed by atoms with van der Waals surface area (Å²) in [7, 11) is 0. The van der Waals surface area contributed by atoms with Crippen molar-refractivity contribution >= 4 is 23.2 Å². The van der Waals surface area contributed by atoms with Crippen LogP contribution in [0.25, 0.3) is 5.78 Å². The zero-order valence-corrected chi connectivity index (χ0v) is 14.2. The Balaban J connectivity index is 2.09. The third-order valence-electron chi connectivity index (χ3n) is 4.59. The Kier molecular flexibility index (Phi) is 4.81. The monoisotopic (exact) mass is 321 g/mol. The molecule has 22 heavy (non-hydrogen) atoms. The van der Waals surface area contributed by atoms with Crippen molar-refractivity contribution in [3.05, 3.63) is 17.6 Å². The van der Waals surface area contributed by atoms with Crippen molar-refractivity contribution in [3.63, 3.8) is 0 Å². The standard InChI is InChI=1S/C16H24ClN5/c1-3-21(4-2)15-10-13(12-8-6-5-7-9-12)18-16-19-14(11-17)20-22(15)16/h10,12H,3-9,11H2,1-2H3. The third kappa shape index (κ3) is 2.91. The molecule has 2 heterocycles. The van der Waals surface area contributed by atoms with E-state index in [-0.39, 0.29) is 0 Å². The molecule has 2 aromatic rings. The van der Waals surface area contributed by atoms with Crippen molar-refractivity contribution in [2.75, 3.05) is 18.0 Å². The fourth-order valence-electron chi connectivity index (χ4n) is 3.35. The first-order chi connectivity index (χ1) is 10.8. The van der Waals surface area contributed by atoms with Gasteiger partial charge in [0.1, 0.15) is 5.82 Å². The maximum atomic E-state index is 5.91. The summed E-state index contributed by atoms with van der Waals surface area (Å²) in [5.74, 6) is 3.28. The van der Waals surface area contributed by atoms with E-state index in [1.54, 1.807) is 0 Å². The first-order valence-electron chi connectivity index (χ1n) is 8.34. The topological polar surface area (TPSA) is 46.3 Å². The van der Waals surface area contributed by atoms with Gasteiger partial charge in [-0.2, -0.15) is 9.50 Å². The number of hydrogen-bond acceptors (Lipinski definition) is 4. The van der Waals surface area contributed by atoms with Crippen LogP contribution in [0.3, 0.4) is 0 Å². The highest BCUT2D eigenvalue weighted by Crippen LogP contribution is 2.33. The van der Waals surface area contributed by atoms with Crippen LogP contribution in [-0.4, -0.2) is 32.7 Å². The highest BCUT2D eigenvalue weighted by molar-refractivity contribution is 6.16. The lowest BCUT2D eigenvalue weighted by Crippen LogP contribution is -2.25. The fraction of sp³-hybridized carbons (Fsp3) is 0.688. The Bertz CT molecular complexity index is 629. The number of nitrogens with zero attached hydrogens (tertiary/aromatic N) is 5. The second-order valence-corrected chi connectivity index (χ2v) is 6.19. The predicted molar refractivity (Wildman–Crippen MR) is 89.7 cm³/mol. The number of hydrogen-bond donors (Lipinski definition) is 0. The summed E-state index contributed by atoms with van der Waals surface area (Å²) in [6.07, 6.45) is 6.42. The van der Waals surface area contributed by atoms with E-state index in [9.17, 15) is 0 Å². The highest BCUT2D eigenvalue weighted by atomic mass is 35.5. The summed E-state index contributed by atoms with van der Waals surface area (Å²) >= 11 is 5.91. The van der Waals surface area contributed by atoms with Gasteiger partial charge in [-0.3, -0.25) is 0 Å². The molecule has 1 saturated carbocycles. The molecule has 0 amide bonds. The van der Waals surface area contributed by atoms with Crippen molar-refractivity contribution in [3.8, 4) is 0 Å². The van der Waals surface area contributed by atoms with Crippen molar-refractivity contribution in [1.29, 1.82) is 0 Å². The van der Waals surface area contributed by atoms with Crippen LogP contribution in [0.4, 0.5) is 5.82 Å². The zero-order chi connectivity index (χ0) is 15.5. The molecule has 6 heteroatoms. The fourth-order valence-corrected chi connectivity index (χ4v) is 3.46. The first-order valence-corrected chi connectivity index (χ1v) is 8.87. The van der Waals surface area contributed by atoms with Gasteiger partial charge in [-0.05, 0) is 26.7 Å². The summed E-state index contributed by atoms with van der Waals surface area (Å²) in [6.45, 7) is 6.20. The van der Waals surface area contributed by atoms with Crippen LogP contribution >= 0.6 is 11.6 Å². The van der Waals surface area contributed by atoms with Crippen LogP contribution < -0.4 is 4.90 Å². The summed E-state index contributed by atoms with van der Waals surface area (Å²) in [5, 5.41) is 4.50. The van der Waals surface area contributed by atoms with Crippen LogP contribution in [0, 0.1) is 0 Å². The second kappa shape index (κ2) is 6.82. The predicted octanol–water partition coefficient (Wildman–Crippen LogP) is 3.76. The Labute approximate surface area is 136 Å². The van der Waals surface area contributed by atoms with E-state index in [1.807, 2.05) is 4.52 Å². The summed E-state index contributed by atoms with van der Waals surface area (Å²) < 4.78 is 1.84. The molecule has 0 bridgehead atoms. The van der Waals surface area contributed by atoms with E-state index in [0.717, 1.165) is 18.9 Å². The molecule has 1 fully saturated rings. The molecule has 0 N–H and O–H groups in total. The van der Waals surface area contributed by atoms with Gasteiger partial charge in [0.05, 0.1) is 11.6 Å². The molecule has 0 radical (unpaired) electrons. The van der Waals surface area contributed by atoms with Gasteiger partial charge in [0, 0.05) is 25.1 Å². The molecule has 0 saturated heterocycles. The largest absolute Gasteiger partial charge is 0.357 e. The Hall–Kier alpha value is -1.36. The average molecular weight is 322 g/mol. The highest BCUT2D eigenvalue weighted by Gasteiger charge is 2.21. The smallest absolute Gasteiger partial charge is 0.254 e. The minimum absolute atomic E-state index is 0.319. The molecule has 1 aliphatic carbocycles. The van der Waals surface area contributed by atoms with E-state index in [0.29, 0.717) is 23.4 Å². The summed E-state index contributed by atoms with van der Waals surface area (Å²) in [5.41, 5.74) is 1.17. The molecular weight excluding hydrogens is 298 g/mol. The molecule has 0 unspecified atom stereocenters. The molecule has 3 rings (SSSR count). The third-order valence-corrected chi connectivity index (χ3v) is 4.83. The van der Waals surface area contributed by atoms with E-state index in [4.69, 9.17) is 16.6 Å². The van der Waals surface area contributed by atoms with E-state index < -0.39 is 0 Å². The number of fused-ring (bicyclic) bond motifs is 1. The van der Waals surface area contributed by atoms with E-state index in [1.165, 1.54) is 37.8 Å². The Morgan fingerprint density at radius 3 is 2.55 bits per heavy atom. The molecule has 2 aromatic heterocycles. The van der Waals surface area contributed by atoms with Gasteiger partial charge in [0.25, 0.3) is 5.78 Å². The van der Waals surface area contributed by atoms with Crippen LogP contribution in [0.5, 0.6) is 0 Å². The zero-order valence-electron chi connectivity index (χ0n) is 13.4. The summed E-state index contributed by atoms with van der Waals surface area (Å²) in [6, 6.07) is 2.21. The second-order valence-electron chi connectivity index (χ2n) is 5.92. The lowest BCUT2D eigenvalue weighted by molar-refractivity contribution is 0.436. The maximum absolute atomic E-state index is 5.91. The minimum atomic E-state index is 0.319. The summed E-state index contributed by atoms with van der Waals surface area (Å²) in [4.78, 5) is 11.6. The molecule has 1 aliphatic rings. The first kappa shape index (κ1) is 15.5. The molecule has 5 nitrogen and oxygen atoms in total. The van der Waals surface area contributed by atoms with Crippen molar-refractivity contribution in [2.45, 2.75) is 57.7 Å². The van der Waals surface area contributed by atoms with Crippen molar-refractivity contribution < 1.29 is 0 Å². The maximum Gasteiger partial charge on any atom is 0.254 e. The van der Waals surface area contributed by atoms with Gasteiger partial charge in [0.15, 0.2) is 5.82 Å². The molecule has 0 aromatic carbocycles. The number of alkyl halides is 1. The van der Waals surface area contributed by atoms with Crippen LogP contribution in [0.2, 0.25) is 0 Å².